The molecule has 2 aromatic carbocycles. The number of hydrogen-bond acceptors (Lipinski definition) is 4. The van der Waals surface area contributed by atoms with E-state index in [1.54, 1.807) is 0 Å². The van der Waals surface area contributed by atoms with Crippen LogP contribution in [0.3, 0.4) is 0 Å². The number of imide groups is 1. The van der Waals surface area contributed by atoms with Crippen LogP contribution in [0.25, 0.3) is 0 Å². The third-order valence-electron chi connectivity index (χ3n) is 6.12. The molecule has 0 bridgehead atoms. The molecule has 3 fully saturated rings. The average molecular weight is 347 g/mol. The maximum atomic E-state index is 13.5. The molecule has 5 heteroatoms. The van der Waals surface area contributed by atoms with Crippen molar-refractivity contribution in [1.82, 2.24) is 10.0 Å². The molecule has 0 radical (unpaired) electrons. The number of carbonyl (C=O) groups is 2. The standard InChI is InChI=1S/C21H21N3O2/c1-21-17(19(25)24(20(21)26)16-11-6-3-7-12-16)18(15-9-4-2-5-10-15)22-13-8-14-23(21)22/h2-7,9-12,17-18H,8,13-14H2,1H3/t17-,18-,21-/m1/s1. The summed E-state index contributed by atoms with van der Waals surface area (Å²) in [5.74, 6) is -0.589. The van der Waals surface area contributed by atoms with Gasteiger partial charge in [-0.1, -0.05) is 48.5 Å². The summed E-state index contributed by atoms with van der Waals surface area (Å²) in [5, 5.41) is 4.40. The Hall–Kier alpha value is -2.50. The quantitative estimate of drug-likeness (QED) is 0.784. The van der Waals surface area contributed by atoms with Crippen molar-refractivity contribution >= 4 is 17.5 Å². The number of amides is 2. The fourth-order valence-electron chi connectivity index (χ4n) is 4.98. The minimum absolute atomic E-state index is 0.0890. The van der Waals surface area contributed by atoms with Gasteiger partial charge in [0.05, 0.1) is 17.6 Å². The van der Waals surface area contributed by atoms with Gasteiger partial charge in [-0.15, -0.1) is 0 Å². The Morgan fingerprint density at radius 2 is 1.58 bits per heavy atom. The van der Waals surface area contributed by atoms with Gasteiger partial charge < -0.3 is 0 Å². The second-order valence-electron chi connectivity index (χ2n) is 7.43. The average Bonchev–Trinajstić information content (AvgIpc) is 3.29. The zero-order valence-electron chi connectivity index (χ0n) is 14.7. The Morgan fingerprint density at radius 3 is 2.27 bits per heavy atom. The van der Waals surface area contributed by atoms with E-state index in [1.165, 1.54) is 4.90 Å². The van der Waals surface area contributed by atoms with E-state index >= 15 is 0 Å². The van der Waals surface area contributed by atoms with E-state index in [0.29, 0.717) is 5.69 Å². The lowest BCUT2D eigenvalue weighted by Crippen LogP contribution is -2.52. The van der Waals surface area contributed by atoms with Crippen LogP contribution in [-0.2, 0) is 9.59 Å². The van der Waals surface area contributed by atoms with Crippen molar-refractivity contribution in [1.29, 1.82) is 0 Å². The molecular formula is C21H21N3O2. The molecule has 3 heterocycles. The summed E-state index contributed by atoms with van der Waals surface area (Å²) in [5.41, 5.74) is 0.948. The number of nitrogens with zero attached hydrogens (tertiary/aromatic N) is 3. The molecule has 3 atom stereocenters. The molecule has 0 N–H and O–H groups in total. The zero-order valence-corrected chi connectivity index (χ0v) is 14.7. The molecule has 0 spiro atoms. The second kappa shape index (κ2) is 5.50. The lowest BCUT2D eigenvalue weighted by atomic mass is 9.81. The Labute approximate surface area is 152 Å². The lowest BCUT2D eigenvalue weighted by Gasteiger charge is -2.33. The zero-order chi connectivity index (χ0) is 17.9. The highest BCUT2D eigenvalue weighted by atomic mass is 16.2. The van der Waals surface area contributed by atoms with Crippen LogP contribution in [0.15, 0.2) is 60.7 Å². The van der Waals surface area contributed by atoms with E-state index in [-0.39, 0.29) is 17.9 Å². The highest BCUT2D eigenvalue weighted by molar-refractivity contribution is 6.25. The summed E-state index contributed by atoms with van der Waals surface area (Å²) < 4.78 is 0. The molecule has 0 aromatic heterocycles. The van der Waals surface area contributed by atoms with E-state index in [2.05, 4.69) is 22.2 Å². The predicted molar refractivity (Wildman–Crippen MR) is 98.0 cm³/mol. The normalized spacial score (nSPS) is 31.5. The number of hydrogen-bond donors (Lipinski definition) is 0. The summed E-state index contributed by atoms with van der Waals surface area (Å²) >= 11 is 0. The largest absolute Gasteiger partial charge is 0.274 e. The molecule has 2 amide bonds. The van der Waals surface area contributed by atoms with Gasteiger partial charge in [-0.05, 0) is 31.0 Å². The summed E-state index contributed by atoms with van der Waals surface area (Å²) in [6.45, 7) is 3.65. The summed E-state index contributed by atoms with van der Waals surface area (Å²) in [6, 6.07) is 19.3. The van der Waals surface area contributed by atoms with Gasteiger partial charge in [0, 0.05) is 13.1 Å². The van der Waals surface area contributed by atoms with Crippen LogP contribution in [0, 0.1) is 5.92 Å². The molecule has 3 aliphatic heterocycles. The highest BCUT2D eigenvalue weighted by Crippen LogP contribution is 2.54. The number of hydrazine groups is 1. The SMILES string of the molecule is C[C@]12C(=O)N(c3ccccc3)C(=O)[C@H]1[C@@H](c1ccccc1)N1CCCN12. The van der Waals surface area contributed by atoms with Gasteiger partial charge in [-0.2, -0.15) is 0 Å². The molecule has 26 heavy (non-hydrogen) atoms. The van der Waals surface area contributed by atoms with Crippen molar-refractivity contribution in [3.8, 4) is 0 Å². The minimum Gasteiger partial charge on any atom is -0.274 e. The van der Waals surface area contributed by atoms with Gasteiger partial charge in [0.2, 0.25) is 5.91 Å². The second-order valence-corrected chi connectivity index (χ2v) is 7.43. The Kier molecular flexibility index (Phi) is 3.33. The van der Waals surface area contributed by atoms with Gasteiger partial charge >= 0.3 is 0 Å². The number of carbonyl (C=O) groups excluding carboxylic acids is 2. The molecule has 5 rings (SSSR count). The Balaban J connectivity index is 1.65. The summed E-state index contributed by atoms with van der Waals surface area (Å²) in [6.07, 6.45) is 1.01. The topological polar surface area (TPSA) is 43.9 Å². The number of benzene rings is 2. The highest BCUT2D eigenvalue weighted by Gasteiger charge is 2.70. The Morgan fingerprint density at radius 1 is 0.923 bits per heavy atom. The number of anilines is 1. The van der Waals surface area contributed by atoms with Crippen molar-refractivity contribution in [3.63, 3.8) is 0 Å². The van der Waals surface area contributed by atoms with Crippen LogP contribution in [0.1, 0.15) is 24.9 Å². The summed E-state index contributed by atoms with van der Waals surface area (Å²) in [4.78, 5) is 28.3. The first-order valence-corrected chi connectivity index (χ1v) is 9.16. The van der Waals surface area contributed by atoms with Gasteiger partial charge in [0.25, 0.3) is 5.91 Å². The number of fused-ring (bicyclic) bond motifs is 3. The molecule has 2 aromatic rings. The monoisotopic (exact) mass is 347 g/mol. The predicted octanol–water partition coefficient (Wildman–Crippen LogP) is 2.61. The molecule has 0 unspecified atom stereocenters. The fourth-order valence-corrected chi connectivity index (χ4v) is 4.98. The molecule has 0 saturated carbocycles. The van der Waals surface area contributed by atoms with E-state index < -0.39 is 11.5 Å². The van der Waals surface area contributed by atoms with E-state index in [1.807, 2.05) is 55.5 Å². The van der Waals surface area contributed by atoms with Crippen molar-refractivity contribution < 1.29 is 9.59 Å². The Bertz CT molecular complexity index is 869. The van der Waals surface area contributed by atoms with Gasteiger partial charge in [0.1, 0.15) is 5.54 Å². The van der Waals surface area contributed by atoms with Crippen LogP contribution < -0.4 is 4.90 Å². The maximum Gasteiger partial charge on any atom is 0.256 e. The third kappa shape index (κ3) is 1.87. The number of para-hydroxylation sites is 1. The third-order valence-corrected chi connectivity index (χ3v) is 6.12. The van der Waals surface area contributed by atoms with Crippen LogP contribution in [-0.4, -0.2) is 40.5 Å². The minimum atomic E-state index is -0.816. The van der Waals surface area contributed by atoms with Crippen molar-refractivity contribution in [3.05, 3.63) is 66.2 Å². The van der Waals surface area contributed by atoms with Crippen LogP contribution >= 0.6 is 0 Å². The molecule has 132 valence electrons. The van der Waals surface area contributed by atoms with E-state index in [4.69, 9.17) is 0 Å². The molecule has 5 nitrogen and oxygen atoms in total. The maximum absolute atomic E-state index is 13.5. The molecular weight excluding hydrogens is 326 g/mol. The number of rotatable bonds is 2. The van der Waals surface area contributed by atoms with Gasteiger partial charge in [-0.3, -0.25) is 9.59 Å². The van der Waals surface area contributed by atoms with Crippen LogP contribution in [0.5, 0.6) is 0 Å². The van der Waals surface area contributed by atoms with E-state index in [0.717, 1.165) is 25.1 Å². The fraction of sp³-hybridized carbons (Fsp3) is 0.333. The first kappa shape index (κ1) is 15.7. The molecule has 3 saturated heterocycles. The first-order chi connectivity index (χ1) is 12.6. The first-order valence-electron chi connectivity index (χ1n) is 9.16. The van der Waals surface area contributed by atoms with Crippen molar-refractivity contribution in [2.75, 3.05) is 18.0 Å². The lowest BCUT2D eigenvalue weighted by molar-refractivity contribution is -0.131. The summed E-state index contributed by atoms with van der Waals surface area (Å²) in [7, 11) is 0. The van der Waals surface area contributed by atoms with Gasteiger partial charge in [0.15, 0.2) is 0 Å². The van der Waals surface area contributed by atoms with Crippen LogP contribution in [0.2, 0.25) is 0 Å². The molecule has 0 aliphatic carbocycles. The van der Waals surface area contributed by atoms with Crippen molar-refractivity contribution in [2.45, 2.75) is 24.9 Å². The molecule has 3 aliphatic rings. The smallest absolute Gasteiger partial charge is 0.256 e. The van der Waals surface area contributed by atoms with Crippen LogP contribution in [0.4, 0.5) is 5.69 Å². The van der Waals surface area contributed by atoms with Gasteiger partial charge in [-0.25, -0.2) is 14.9 Å². The van der Waals surface area contributed by atoms with Crippen molar-refractivity contribution in [2.24, 2.45) is 5.92 Å². The van der Waals surface area contributed by atoms with E-state index in [9.17, 15) is 9.59 Å².